The smallest absolute Gasteiger partial charge is 0.288 e. The van der Waals surface area contributed by atoms with E-state index in [2.05, 4.69) is 15.8 Å². The van der Waals surface area contributed by atoms with E-state index in [0.29, 0.717) is 5.56 Å². The number of nitro benzene ring substituents is 1. The summed E-state index contributed by atoms with van der Waals surface area (Å²) in [6, 6.07) is 9.03. The lowest BCUT2D eigenvalue weighted by Gasteiger charge is -2.04. The molecule has 0 fully saturated rings. The summed E-state index contributed by atoms with van der Waals surface area (Å²) in [5.41, 5.74) is 2.29. The minimum absolute atomic E-state index is 0.0174. The SMILES string of the molecule is O=C(CNC(=O)c1cccc(F)c1)N/N=C\c1ccc(Cl)c([N+](=O)[O-])c1. The molecule has 2 aromatic carbocycles. The van der Waals surface area contributed by atoms with Gasteiger partial charge in [-0.3, -0.25) is 19.7 Å². The molecule has 0 aromatic heterocycles. The van der Waals surface area contributed by atoms with Crippen LogP contribution in [0.3, 0.4) is 0 Å². The van der Waals surface area contributed by atoms with Gasteiger partial charge in [0, 0.05) is 17.2 Å². The number of nitro groups is 1. The quantitative estimate of drug-likeness (QED) is 0.456. The second-order valence-corrected chi connectivity index (χ2v) is 5.36. The lowest BCUT2D eigenvalue weighted by Crippen LogP contribution is -2.34. The van der Waals surface area contributed by atoms with E-state index in [9.17, 15) is 24.1 Å². The van der Waals surface area contributed by atoms with Gasteiger partial charge in [-0.1, -0.05) is 23.7 Å². The molecule has 2 aromatic rings. The highest BCUT2D eigenvalue weighted by atomic mass is 35.5. The maximum absolute atomic E-state index is 13.0. The molecule has 0 unspecified atom stereocenters. The summed E-state index contributed by atoms with van der Waals surface area (Å²) in [5, 5.41) is 16.7. The molecule has 0 aliphatic rings. The van der Waals surface area contributed by atoms with Crippen molar-refractivity contribution < 1.29 is 18.9 Å². The molecular formula is C16H12ClFN4O4. The van der Waals surface area contributed by atoms with E-state index < -0.39 is 22.6 Å². The number of carbonyl (C=O) groups is 2. The van der Waals surface area contributed by atoms with E-state index >= 15 is 0 Å². The molecule has 0 radical (unpaired) electrons. The molecule has 0 aliphatic heterocycles. The fourth-order valence-corrected chi connectivity index (χ4v) is 2.05. The molecule has 134 valence electrons. The Morgan fingerprint density at radius 1 is 1.27 bits per heavy atom. The molecule has 0 spiro atoms. The molecule has 8 nitrogen and oxygen atoms in total. The molecule has 2 amide bonds. The van der Waals surface area contributed by atoms with Gasteiger partial charge in [0.1, 0.15) is 10.8 Å². The van der Waals surface area contributed by atoms with E-state index in [1.807, 2.05) is 0 Å². The van der Waals surface area contributed by atoms with E-state index in [4.69, 9.17) is 11.6 Å². The number of halogens is 2. The summed E-state index contributed by atoms with van der Waals surface area (Å²) in [5.74, 6) is -1.81. The monoisotopic (exact) mass is 378 g/mol. The largest absolute Gasteiger partial charge is 0.343 e. The zero-order valence-corrected chi connectivity index (χ0v) is 13.9. The lowest BCUT2D eigenvalue weighted by atomic mass is 10.2. The topological polar surface area (TPSA) is 114 Å². The fraction of sp³-hybridized carbons (Fsp3) is 0.0625. The Hall–Kier alpha value is -3.33. The number of rotatable bonds is 6. The Balaban J connectivity index is 1.87. The van der Waals surface area contributed by atoms with Gasteiger partial charge >= 0.3 is 0 Å². The van der Waals surface area contributed by atoms with E-state index in [1.165, 1.54) is 42.6 Å². The number of hydrogen-bond donors (Lipinski definition) is 2. The predicted molar refractivity (Wildman–Crippen MR) is 92.6 cm³/mol. The van der Waals surface area contributed by atoms with Crippen LogP contribution in [0.25, 0.3) is 0 Å². The van der Waals surface area contributed by atoms with Crippen molar-refractivity contribution in [3.8, 4) is 0 Å². The van der Waals surface area contributed by atoms with Gasteiger partial charge in [0.25, 0.3) is 17.5 Å². The van der Waals surface area contributed by atoms with Gasteiger partial charge in [0.2, 0.25) is 0 Å². The van der Waals surface area contributed by atoms with Gasteiger partial charge < -0.3 is 5.32 Å². The van der Waals surface area contributed by atoms with Crippen molar-refractivity contribution in [3.63, 3.8) is 0 Å². The Morgan fingerprint density at radius 2 is 2.04 bits per heavy atom. The van der Waals surface area contributed by atoms with Gasteiger partial charge in [0.05, 0.1) is 17.7 Å². The Morgan fingerprint density at radius 3 is 2.73 bits per heavy atom. The maximum atomic E-state index is 13.0. The van der Waals surface area contributed by atoms with Gasteiger partial charge in [-0.15, -0.1) is 0 Å². The average molecular weight is 379 g/mol. The van der Waals surface area contributed by atoms with Crippen molar-refractivity contribution in [2.45, 2.75) is 0 Å². The highest BCUT2D eigenvalue weighted by Gasteiger charge is 2.12. The predicted octanol–water partition coefficient (Wildman–Crippen LogP) is 2.27. The Kier molecular flexibility index (Phi) is 6.34. The van der Waals surface area contributed by atoms with Crippen molar-refractivity contribution in [3.05, 3.63) is 74.5 Å². The van der Waals surface area contributed by atoms with Crippen LogP contribution in [0.1, 0.15) is 15.9 Å². The minimum Gasteiger partial charge on any atom is -0.343 e. The van der Waals surface area contributed by atoms with E-state index in [0.717, 1.165) is 6.07 Å². The molecule has 26 heavy (non-hydrogen) atoms. The first kappa shape index (κ1) is 19.0. The van der Waals surface area contributed by atoms with Crippen LogP contribution in [0.5, 0.6) is 0 Å². The average Bonchev–Trinajstić information content (AvgIpc) is 2.60. The van der Waals surface area contributed by atoms with Crippen molar-refractivity contribution in [1.82, 2.24) is 10.7 Å². The van der Waals surface area contributed by atoms with Crippen LogP contribution in [0.2, 0.25) is 5.02 Å². The number of hydrazone groups is 1. The number of nitrogens with one attached hydrogen (secondary N) is 2. The first-order valence-electron chi connectivity index (χ1n) is 7.16. The summed E-state index contributed by atoms with van der Waals surface area (Å²) in [6.45, 7) is -0.381. The second kappa shape index (κ2) is 8.67. The molecule has 0 atom stereocenters. The maximum Gasteiger partial charge on any atom is 0.288 e. The molecule has 2 rings (SSSR count). The van der Waals surface area contributed by atoms with Gasteiger partial charge in [0.15, 0.2) is 0 Å². The van der Waals surface area contributed by atoms with Crippen LogP contribution < -0.4 is 10.7 Å². The summed E-state index contributed by atoms with van der Waals surface area (Å²) < 4.78 is 13.0. The van der Waals surface area contributed by atoms with Crippen LogP contribution in [0.4, 0.5) is 10.1 Å². The number of nitrogens with zero attached hydrogens (tertiary/aromatic N) is 2. The van der Waals surface area contributed by atoms with Crippen molar-refractivity contribution >= 4 is 35.3 Å². The summed E-state index contributed by atoms with van der Waals surface area (Å²) >= 11 is 5.69. The molecule has 10 heteroatoms. The Bertz CT molecular complexity index is 888. The molecule has 0 heterocycles. The number of hydrogen-bond acceptors (Lipinski definition) is 5. The standard InChI is InChI=1S/C16H12ClFN4O4/c17-13-5-4-10(6-14(13)22(25)26)8-20-21-15(23)9-19-16(24)11-2-1-3-12(18)7-11/h1-8H,9H2,(H,19,24)(H,21,23)/b20-8-. The van der Waals surface area contributed by atoms with Gasteiger partial charge in [-0.25, -0.2) is 9.82 Å². The Labute approximate surface area is 151 Å². The van der Waals surface area contributed by atoms with Crippen LogP contribution in [0.15, 0.2) is 47.6 Å². The third-order valence-corrected chi connectivity index (χ3v) is 3.39. The lowest BCUT2D eigenvalue weighted by molar-refractivity contribution is -0.384. The zero-order chi connectivity index (χ0) is 19.1. The van der Waals surface area contributed by atoms with E-state index in [1.54, 1.807) is 0 Å². The number of amides is 2. The number of benzene rings is 2. The third-order valence-electron chi connectivity index (χ3n) is 3.07. The van der Waals surface area contributed by atoms with E-state index in [-0.39, 0.29) is 22.8 Å². The van der Waals surface area contributed by atoms with Crippen LogP contribution in [-0.4, -0.2) is 29.5 Å². The summed E-state index contributed by atoms with van der Waals surface area (Å²) in [7, 11) is 0. The molecular weight excluding hydrogens is 367 g/mol. The molecule has 0 saturated carbocycles. The highest BCUT2D eigenvalue weighted by Crippen LogP contribution is 2.24. The van der Waals surface area contributed by atoms with Crippen LogP contribution in [-0.2, 0) is 4.79 Å². The fourth-order valence-electron chi connectivity index (χ4n) is 1.86. The van der Waals surface area contributed by atoms with Gasteiger partial charge in [-0.05, 0) is 24.3 Å². The van der Waals surface area contributed by atoms with Crippen molar-refractivity contribution in [2.24, 2.45) is 5.10 Å². The van der Waals surface area contributed by atoms with Crippen LogP contribution in [0, 0.1) is 15.9 Å². The number of carbonyl (C=O) groups excluding carboxylic acids is 2. The third kappa shape index (κ3) is 5.35. The first-order valence-corrected chi connectivity index (χ1v) is 7.54. The molecule has 0 saturated heterocycles. The van der Waals surface area contributed by atoms with Crippen LogP contribution >= 0.6 is 11.6 Å². The first-order chi connectivity index (χ1) is 12.4. The van der Waals surface area contributed by atoms with Crippen molar-refractivity contribution in [2.75, 3.05) is 6.54 Å². The minimum atomic E-state index is -0.639. The van der Waals surface area contributed by atoms with Gasteiger partial charge in [-0.2, -0.15) is 5.10 Å². The second-order valence-electron chi connectivity index (χ2n) is 4.95. The van der Waals surface area contributed by atoms with Crippen molar-refractivity contribution in [1.29, 1.82) is 0 Å². The molecule has 2 N–H and O–H groups in total. The zero-order valence-electron chi connectivity index (χ0n) is 13.1. The normalized spacial score (nSPS) is 10.5. The molecule has 0 bridgehead atoms. The highest BCUT2D eigenvalue weighted by molar-refractivity contribution is 6.32. The summed E-state index contributed by atoms with van der Waals surface area (Å²) in [4.78, 5) is 33.5. The summed E-state index contributed by atoms with van der Waals surface area (Å²) in [6.07, 6.45) is 1.19. The molecule has 0 aliphatic carbocycles.